The van der Waals surface area contributed by atoms with Crippen molar-refractivity contribution in [3.05, 3.63) is 51.7 Å². The van der Waals surface area contributed by atoms with E-state index in [2.05, 4.69) is 46.4 Å². The van der Waals surface area contributed by atoms with Gasteiger partial charge >= 0.3 is 0 Å². The molecule has 4 heteroatoms. The van der Waals surface area contributed by atoms with Crippen molar-refractivity contribution in [1.29, 1.82) is 0 Å². The number of methoxy groups -OCH3 is 1. The van der Waals surface area contributed by atoms with Crippen molar-refractivity contribution in [3.63, 3.8) is 0 Å². The second-order valence-electron chi connectivity index (χ2n) is 6.05. The Kier molecular flexibility index (Phi) is 5.92. The number of rotatable bonds is 4. The molecule has 0 radical (unpaired) electrons. The first kappa shape index (κ1) is 17.0. The van der Waals surface area contributed by atoms with Crippen LogP contribution in [0.1, 0.15) is 34.8 Å². The van der Waals surface area contributed by atoms with Gasteiger partial charge in [-0.25, -0.2) is 0 Å². The van der Waals surface area contributed by atoms with Gasteiger partial charge in [0.25, 0.3) is 0 Å². The van der Waals surface area contributed by atoms with Crippen molar-refractivity contribution in [1.82, 2.24) is 4.90 Å². The van der Waals surface area contributed by atoms with E-state index >= 15 is 0 Å². The highest BCUT2D eigenvalue weighted by atomic mass is 32.1. The summed E-state index contributed by atoms with van der Waals surface area (Å²) in [6, 6.07) is 10.5. The van der Waals surface area contributed by atoms with Crippen LogP contribution in [0.15, 0.2) is 35.7 Å². The van der Waals surface area contributed by atoms with E-state index in [1.54, 1.807) is 18.4 Å². The summed E-state index contributed by atoms with van der Waals surface area (Å²) in [6.07, 6.45) is 2.34. The standard InChI is InChI=1S/C20H23NO2S/c1-23-20-7-3-2-6-19(20)17-8-10-21(11-9-17)14-18-13-16(15-24-18)5-4-12-22/h2-3,6-7,13,15,17,22H,8-12,14H2,1H3. The Bertz CT molecular complexity index is 720. The van der Waals surface area contributed by atoms with Gasteiger partial charge in [0.2, 0.25) is 0 Å². The summed E-state index contributed by atoms with van der Waals surface area (Å²) in [5.41, 5.74) is 2.35. The molecule has 1 saturated heterocycles. The molecule has 1 aliphatic heterocycles. The molecular formula is C20H23NO2S. The maximum Gasteiger partial charge on any atom is 0.122 e. The minimum absolute atomic E-state index is 0.0817. The Labute approximate surface area is 147 Å². The van der Waals surface area contributed by atoms with Crippen LogP contribution in [0.5, 0.6) is 5.75 Å². The Hall–Kier alpha value is -1.80. The van der Waals surface area contributed by atoms with Crippen molar-refractivity contribution >= 4 is 11.3 Å². The van der Waals surface area contributed by atoms with Crippen LogP contribution >= 0.6 is 11.3 Å². The van der Waals surface area contributed by atoms with Gasteiger partial charge in [0, 0.05) is 22.4 Å². The average Bonchev–Trinajstić information content (AvgIpc) is 3.08. The summed E-state index contributed by atoms with van der Waals surface area (Å²) in [6.45, 7) is 3.13. The van der Waals surface area contributed by atoms with Crippen LogP contribution < -0.4 is 4.74 Å². The van der Waals surface area contributed by atoms with Crippen LogP contribution in [0, 0.1) is 11.8 Å². The molecule has 1 aliphatic rings. The first-order chi connectivity index (χ1) is 11.8. The normalized spacial score (nSPS) is 15.8. The van der Waals surface area contributed by atoms with Crippen molar-refractivity contribution in [2.45, 2.75) is 25.3 Å². The first-order valence-electron chi connectivity index (χ1n) is 8.32. The largest absolute Gasteiger partial charge is 0.496 e. The number of benzene rings is 1. The summed E-state index contributed by atoms with van der Waals surface area (Å²) in [5.74, 6) is 7.28. The van der Waals surface area contributed by atoms with E-state index in [4.69, 9.17) is 9.84 Å². The number of para-hydroxylation sites is 1. The number of hydrogen-bond acceptors (Lipinski definition) is 4. The SMILES string of the molecule is COc1ccccc1C1CCN(Cc2cc(C#CCO)cs2)CC1. The molecule has 3 nitrogen and oxygen atoms in total. The van der Waals surface area contributed by atoms with Crippen molar-refractivity contribution in [2.75, 3.05) is 26.8 Å². The summed E-state index contributed by atoms with van der Waals surface area (Å²) in [4.78, 5) is 3.86. The van der Waals surface area contributed by atoms with E-state index in [9.17, 15) is 0 Å². The monoisotopic (exact) mass is 341 g/mol. The number of nitrogens with zero attached hydrogens (tertiary/aromatic N) is 1. The molecule has 2 aromatic rings. The first-order valence-corrected chi connectivity index (χ1v) is 9.20. The third-order valence-corrected chi connectivity index (χ3v) is 5.43. The zero-order valence-electron chi connectivity index (χ0n) is 14.0. The minimum atomic E-state index is -0.0817. The molecule has 0 atom stereocenters. The van der Waals surface area contributed by atoms with Crippen LogP contribution in [0.3, 0.4) is 0 Å². The quantitative estimate of drug-likeness (QED) is 0.864. The molecule has 1 aromatic carbocycles. The van der Waals surface area contributed by atoms with Crippen molar-refractivity contribution in [3.8, 4) is 17.6 Å². The third kappa shape index (κ3) is 4.18. The van der Waals surface area contributed by atoms with E-state index < -0.39 is 0 Å². The lowest BCUT2D eigenvalue weighted by Crippen LogP contribution is -2.32. The molecule has 0 unspecified atom stereocenters. The lowest BCUT2D eigenvalue weighted by Gasteiger charge is -2.32. The van der Waals surface area contributed by atoms with Crippen LogP contribution in [0.4, 0.5) is 0 Å². The summed E-state index contributed by atoms with van der Waals surface area (Å²) < 4.78 is 5.51. The molecule has 0 amide bonds. The van der Waals surface area contributed by atoms with E-state index in [1.807, 2.05) is 6.07 Å². The zero-order chi connectivity index (χ0) is 16.8. The predicted molar refractivity (Wildman–Crippen MR) is 98.5 cm³/mol. The van der Waals surface area contributed by atoms with E-state index in [0.29, 0.717) is 5.92 Å². The fourth-order valence-corrected chi connectivity index (χ4v) is 4.15. The third-order valence-electron chi connectivity index (χ3n) is 4.51. The second-order valence-corrected chi connectivity index (χ2v) is 7.05. The zero-order valence-corrected chi connectivity index (χ0v) is 14.8. The predicted octanol–water partition coefficient (Wildman–Crippen LogP) is 3.48. The maximum absolute atomic E-state index is 8.76. The topological polar surface area (TPSA) is 32.7 Å². The van der Waals surface area contributed by atoms with E-state index in [-0.39, 0.29) is 6.61 Å². The Morgan fingerprint density at radius 3 is 2.83 bits per heavy atom. The van der Waals surface area contributed by atoms with Crippen LogP contribution in [0.25, 0.3) is 0 Å². The van der Waals surface area contributed by atoms with Gasteiger partial charge in [0.05, 0.1) is 7.11 Å². The summed E-state index contributed by atoms with van der Waals surface area (Å²) in [5, 5.41) is 10.8. The number of piperidine rings is 1. The Morgan fingerprint density at radius 1 is 1.29 bits per heavy atom. The highest BCUT2D eigenvalue weighted by Crippen LogP contribution is 2.34. The Balaban J connectivity index is 1.56. The highest BCUT2D eigenvalue weighted by molar-refractivity contribution is 7.10. The number of likely N-dealkylation sites (tertiary alicyclic amines) is 1. The van der Waals surface area contributed by atoms with Gasteiger partial charge < -0.3 is 9.84 Å². The van der Waals surface area contributed by atoms with Crippen LogP contribution in [-0.4, -0.2) is 36.8 Å². The number of hydrogen-bond donors (Lipinski definition) is 1. The fourth-order valence-electron chi connectivity index (χ4n) is 3.30. The van der Waals surface area contributed by atoms with Crippen LogP contribution in [0.2, 0.25) is 0 Å². The number of aliphatic hydroxyl groups excluding tert-OH is 1. The van der Waals surface area contributed by atoms with Gasteiger partial charge in [0.15, 0.2) is 0 Å². The lowest BCUT2D eigenvalue weighted by molar-refractivity contribution is 0.205. The Morgan fingerprint density at radius 2 is 2.08 bits per heavy atom. The number of ether oxygens (including phenoxy) is 1. The minimum Gasteiger partial charge on any atom is -0.496 e. The van der Waals surface area contributed by atoms with Gasteiger partial charge in [-0.05, 0) is 49.5 Å². The molecule has 0 saturated carbocycles. The van der Waals surface area contributed by atoms with Gasteiger partial charge in [-0.2, -0.15) is 0 Å². The second kappa shape index (κ2) is 8.34. The van der Waals surface area contributed by atoms with Crippen molar-refractivity contribution in [2.24, 2.45) is 0 Å². The van der Waals surface area contributed by atoms with Crippen LogP contribution in [-0.2, 0) is 6.54 Å². The smallest absolute Gasteiger partial charge is 0.122 e. The molecule has 2 heterocycles. The molecule has 1 aromatic heterocycles. The molecule has 3 rings (SSSR count). The molecule has 1 fully saturated rings. The molecule has 0 aliphatic carbocycles. The van der Waals surface area contributed by atoms with E-state index in [1.165, 1.54) is 23.3 Å². The number of thiophene rings is 1. The van der Waals surface area contributed by atoms with Gasteiger partial charge in [-0.15, -0.1) is 11.3 Å². The van der Waals surface area contributed by atoms with E-state index in [0.717, 1.165) is 30.9 Å². The molecule has 1 N–H and O–H groups in total. The molecule has 24 heavy (non-hydrogen) atoms. The summed E-state index contributed by atoms with van der Waals surface area (Å²) in [7, 11) is 1.75. The van der Waals surface area contributed by atoms with Gasteiger partial charge in [-0.3, -0.25) is 4.90 Å². The molecule has 126 valence electrons. The molecule has 0 bridgehead atoms. The highest BCUT2D eigenvalue weighted by Gasteiger charge is 2.23. The molecular weight excluding hydrogens is 318 g/mol. The number of aliphatic hydroxyl groups is 1. The molecule has 0 spiro atoms. The maximum atomic E-state index is 8.76. The average molecular weight is 341 g/mol. The summed E-state index contributed by atoms with van der Waals surface area (Å²) >= 11 is 1.75. The van der Waals surface area contributed by atoms with Gasteiger partial charge in [-0.1, -0.05) is 30.0 Å². The van der Waals surface area contributed by atoms with Gasteiger partial charge in [0.1, 0.15) is 12.4 Å². The van der Waals surface area contributed by atoms with Crippen molar-refractivity contribution < 1.29 is 9.84 Å². The fraction of sp³-hybridized carbons (Fsp3) is 0.400. The lowest BCUT2D eigenvalue weighted by atomic mass is 9.89.